The summed E-state index contributed by atoms with van der Waals surface area (Å²) in [6.07, 6.45) is 11.0. The Morgan fingerprint density at radius 2 is 0.985 bits per heavy atom. The van der Waals surface area contributed by atoms with E-state index in [4.69, 9.17) is 5.41 Å². The number of hydrogen-bond donors (Lipinski definition) is 1. The second-order valence-corrected chi connectivity index (χ2v) is 18.9. The van der Waals surface area contributed by atoms with Gasteiger partial charge in [0.15, 0.2) is 0 Å². The molecular weight excluding hydrogens is 795 g/mol. The molecule has 1 heteroatoms. The number of rotatable bonds is 3. The highest BCUT2D eigenvalue weighted by atomic mass is 14.5. The summed E-state index contributed by atoms with van der Waals surface area (Å²) in [5, 5.41) is 7.85. The number of nitrogens with one attached hydrogen (secondary N) is 1. The van der Waals surface area contributed by atoms with Crippen LogP contribution in [-0.4, -0.2) is 5.71 Å². The van der Waals surface area contributed by atoms with Crippen LogP contribution >= 0.6 is 0 Å². The first-order valence-electron chi connectivity index (χ1n) is 24.4. The molecule has 6 aromatic carbocycles. The monoisotopic (exact) mass is 866 g/mol. The Hall–Kier alpha value is -6.31. The summed E-state index contributed by atoms with van der Waals surface area (Å²) >= 11 is 0. The van der Waals surface area contributed by atoms with Gasteiger partial charge in [-0.2, -0.15) is 0 Å². The maximum absolute atomic E-state index is 7.85. The van der Waals surface area contributed by atoms with E-state index < -0.39 is 0 Å². The van der Waals surface area contributed by atoms with Crippen LogP contribution in [0, 0.1) is 19.3 Å². The number of fused-ring (bicyclic) bond motifs is 14. The van der Waals surface area contributed by atoms with Crippen molar-refractivity contribution >= 4 is 11.8 Å². The van der Waals surface area contributed by atoms with Gasteiger partial charge in [0.1, 0.15) is 0 Å². The zero-order valence-corrected chi connectivity index (χ0v) is 42.3. The molecule has 6 aromatic rings. The standard InChI is InChI=1S/C29H20.C16H23N.C16H16.2C2H6/c1-18-13-14-23-24-16-19-7-6-8-20(19)17-28(24)29(27(23)15-18)25-11-4-2-9-21(25)22-10-3-5-12-26(22)29;1-10(2)12(4)16(13(5)14(6)17)15-8-7-11(3)9-15;1-11-8-9-13-12-6-4-5-7-14(12)16(2,3)15(13)10-11;2*1-2/h2-6,8-17H,7H2,1H3;7-8,17H,9H2,1-6H3;4-10H,1-3H3;2*1-2H3/b;16-13+,17-14?;;;. The molecule has 1 N–H and O–H groups in total. The van der Waals surface area contributed by atoms with Crippen molar-refractivity contribution in [3.8, 4) is 33.4 Å². The first kappa shape index (κ1) is 47.6. The Labute approximate surface area is 398 Å². The fourth-order valence-corrected chi connectivity index (χ4v) is 10.9. The van der Waals surface area contributed by atoms with Crippen molar-refractivity contribution in [2.45, 2.75) is 121 Å². The molecule has 0 bridgehead atoms. The average Bonchev–Trinajstić information content (AvgIpc) is 4.14. The zero-order valence-electron chi connectivity index (χ0n) is 42.3. The van der Waals surface area contributed by atoms with Gasteiger partial charge in [0, 0.05) is 11.1 Å². The summed E-state index contributed by atoms with van der Waals surface area (Å²) in [5.41, 5.74) is 30.9. The van der Waals surface area contributed by atoms with Crippen molar-refractivity contribution in [3.63, 3.8) is 0 Å². The van der Waals surface area contributed by atoms with E-state index in [1.807, 2.05) is 34.6 Å². The van der Waals surface area contributed by atoms with Gasteiger partial charge in [0.25, 0.3) is 0 Å². The van der Waals surface area contributed by atoms with E-state index >= 15 is 0 Å². The van der Waals surface area contributed by atoms with E-state index in [1.165, 1.54) is 117 Å². The normalized spacial score (nSPS) is 15.1. The molecule has 66 heavy (non-hydrogen) atoms. The summed E-state index contributed by atoms with van der Waals surface area (Å²) in [6.45, 7) is 29.5. The summed E-state index contributed by atoms with van der Waals surface area (Å²) in [6, 6.07) is 45.6. The number of hydrogen-bond acceptors (Lipinski definition) is 1. The minimum Gasteiger partial charge on any atom is -0.305 e. The minimum atomic E-state index is -0.213. The van der Waals surface area contributed by atoms with Crippen LogP contribution in [-0.2, 0) is 17.3 Å². The molecule has 11 rings (SSSR count). The van der Waals surface area contributed by atoms with Gasteiger partial charge in [-0.3, -0.25) is 0 Å². The van der Waals surface area contributed by atoms with Gasteiger partial charge in [-0.05, 0) is 181 Å². The van der Waals surface area contributed by atoms with Gasteiger partial charge in [-0.25, -0.2) is 0 Å². The molecule has 1 spiro atoms. The third-order valence-electron chi connectivity index (χ3n) is 14.3. The Kier molecular flexibility index (Phi) is 13.9. The third kappa shape index (κ3) is 8.06. The van der Waals surface area contributed by atoms with E-state index in [0.717, 1.165) is 18.4 Å². The highest BCUT2D eigenvalue weighted by Crippen LogP contribution is 2.63. The van der Waals surface area contributed by atoms with Gasteiger partial charge in [0.2, 0.25) is 0 Å². The molecule has 1 nitrogen and oxygen atoms in total. The Bertz CT molecular complexity index is 2970. The lowest BCUT2D eigenvalue weighted by Gasteiger charge is -2.31. The largest absolute Gasteiger partial charge is 0.305 e. The molecule has 0 heterocycles. The second kappa shape index (κ2) is 19.3. The van der Waals surface area contributed by atoms with Crippen LogP contribution in [0.2, 0.25) is 0 Å². The molecule has 336 valence electrons. The van der Waals surface area contributed by atoms with Crippen molar-refractivity contribution < 1.29 is 0 Å². The quantitative estimate of drug-likeness (QED) is 0.135. The molecule has 0 aromatic heterocycles. The smallest absolute Gasteiger partial charge is 0.0725 e. The highest BCUT2D eigenvalue weighted by molar-refractivity contribution is 5.98. The maximum Gasteiger partial charge on any atom is 0.0725 e. The van der Waals surface area contributed by atoms with Crippen LogP contribution in [0.3, 0.4) is 0 Å². The van der Waals surface area contributed by atoms with Crippen LogP contribution in [0.5, 0.6) is 0 Å². The fraction of sp³-hybridized carbons (Fsp3) is 0.277. The van der Waals surface area contributed by atoms with Crippen LogP contribution in [0.25, 0.3) is 39.5 Å². The first-order chi connectivity index (χ1) is 31.7. The molecule has 0 amide bonds. The van der Waals surface area contributed by atoms with E-state index in [-0.39, 0.29) is 10.8 Å². The lowest BCUT2D eigenvalue weighted by molar-refractivity contribution is 0.660. The molecule has 0 saturated carbocycles. The maximum atomic E-state index is 7.85. The van der Waals surface area contributed by atoms with Crippen LogP contribution in [0.15, 0.2) is 173 Å². The average molecular weight is 866 g/mol. The molecule has 0 aliphatic heterocycles. The predicted octanol–water partition coefficient (Wildman–Crippen LogP) is 18.2. The van der Waals surface area contributed by atoms with Crippen molar-refractivity contribution in [1.82, 2.24) is 0 Å². The Morgan fingerprint density at radius 3 is 1.52 bits per heavy atom. The molecule has 0 unspecified atom stereocenters. The molecule has 5 aliphatic rings. The molecular formula is C65H71N. The van der Waals surface area contributed by atoms with E-state index in [0.29, 0.717) is 5.71 Å². The number of benzene rings is 6. The van der Waals surface area contributed by atoms with Crippen LogP contribution in [0.4, 0.5) is 0 Å². The Morgan fingerprint density at radius 1 is 0.500 bits per heavy atom. The zero-order chi connectivity index (χ0) is 47.7. The summed E-state index contributed by atoms with van der Waals surface area (Å²) < 4.78 is 0. The molecule has 5 aliphatic carbocycles. The molecule has 0 saturated heterocycles. The second-order valence-electron chi connectivity index (χ2n) is 18.9. The van der Waals surface area contributed by atoms with Gasteiger partial charge >= 0.3 is 0 Å². The van der Waals surface area contributed by atoms with Crippen LogP contribution < -0.4 is 0 Å². The predicted molar refractivity (Wildman–Crippen MR) is 288 cm³/mol. The molecule has 0 fully saturated rings. The molecule has 0 atom stereocenters. The van der Waals surface area contributed by atoms with Crippen LogP contribution in [0.1, 0.15) is 145 Å². The van der Waals surface area contributed by atoms with Crippen molar-refractivity contribution in [2.75, 3.05) is 0 Å². The summed E-state index contributed by atoms with van der Waals surface area (Å²) in [4.78, 5) is 0. The fourth-order valence-electron chi connectivity index (χ4n) is 10.9. The minimum absolute atomic E-state index is 0.151. The summed E-state index contributed by atoms with van der Waals surface area (Å²) in [7, 11) is 0. The highest BCUT2D eigenvalue weighted by Gasteiger charge is 2.51. The third-order valence-corrected chi connectivity index (χ3v) is 14.3. The van der Waals surface area contributed by atoms with Crippen molar-refractivity contribution in [1.29, 1.82) is 5.41 Å². The van der Waals surface area contributed by atoms with E-state index in [2.05, 4.69) is 208 Å². The van der Waals surface area contributed by atoms with Gasteiger partial charge in [-0.15, -0.1) is 0 Å². The summed E-state index contributed by atoms with van der Waals surface area (Å²) in [5.74, 6) is 0. The Balaban J connectivity index is 0.000000152. The number of allylic oxidation sites excluding steroid dienone is 9. The lowest BCUT2D eigenvalue weighted by Crippen LogP contribution is -2.26. The number of aryl methyl sites for hydroxylation is 2. The van der Waals surface area contributed by atoms with Gasteiger partial charge in [0.05, 0.1) is 5.41 Å². The SMILES string of the molecule is CC.CC.CC(=N)/C(C)=C(/C1=CC=C(C)C1)C(C)=C(C)C.Cc1ccc2c(c1)C(C)(C)c1ccccc1-2.Cc1ccc2c(c1)C1(c3ccccc3-c3ccccc31)c1cc3c(cc1-2)CC=C3. The van der Waals surface area contributed by atoms with Gasteiger partial charge in [-0.1, -0.05) is 197 Å². The van der Waals surface area contributed by atoms with E-state index in [1.54, 1.807) is 0 Å². The van der Waals surface area contributed by atoms with Crippen molar-refractivity contribution in [3.05, 3.63) is 229 Å². The lowest BCUT2D eigenvalue weighted by atomic mass is 9.70. The first-order valence-corrected chi connectivity index (χ1v) is 24.4. The molecule has 0 radical (unpaired) electrons. The van der Waals surface area contributed by atoms with E-state index in [9.17, 15) is 0 Å². The topological polar surface area (TPSA) is 23.9 Å². The van der Waals surface area contributed by atoms with Crippen molar-refractivity contribution in [2.24, 2.45) is 0 Å². The van der Waals surface area contributed by atoms with Gasteiger partial charge < -0.3 is 5.41 Å².